The summed E-state index contributed by atoms with van der Waals surface area (Å²) in [4.78, 5) is 11.5. The summed E-state index contributed by atoms with van der Waals surface area (Å²) < 4.78 is 10.7. The molecule has 2 aromatic carbocycles. The molecule has 126 valence electrons. The predicted octanol–water partition coefficient (Wildman–Crippen LogP) is 3.39. The van der Waals surface area contributed by atoms with Crippen molar-refractivity contribution in [2.75, 3.05) is 19.8 Å². The number of rotatable bonds is 8. The van der Waals surface area contributed by atoms with E-state index in [0.29, 0.717) is 17.7 Å². The van der Waals surface area contributed by atoms with Crippen LogP contribution in [-0.4, -0.2) is 30.9 Å². The third-order valence-electron chi connectivity index (χ3n) is 3.47. The van der Waals surface area contributed by atoms with Crippen molar-refractivity contribution in [2.45, 2.75) is 13.3 Å². The van der Waals surface area contributed by atoms with Crippen molar-refractivity contribution in [3.63, 3.8) is 0 Å². The van der Waals surface area contributed by atoms with Gasteiger partial charge in [0.25, 0.3) is 0 Å². The van der Waals surface area contributed by atoms with Crippen LogP contribution in [0.5, 0.6) is 5.75 Å². The van der Waals surface area contributed by atoms with E-state index in [1.807, 2.05) is 48.5 Å². The van der Waals surface area contributed by atoms with Crippen LogP contribution in [-0.2, 0) is 16.0 Å². The predicted molar refractivity (Wildman–Crippen MR) is 93.9 cm³/mol. The first-order valence-corrected chi connectivity index (χ1v) is 7.86. The van der Waals surface area contributed by atoms with Gasteiger partial charge >= 0.3 is 5.97 Å². The van der Waals surface area contributed by atoms with E-state index < -0.39 is 5.97 Å². The summed E-state index contributed by atoms with van der Waals surface area (Å²) in [5.74, 6) is 0.294. The van der Waals surface area contributed by atoms with Gasteiger partial charge < -0.3 is 14.6 Å². The summed E-state index contributed by atoms with van der Waals surface area (Å²) in [6.45, 7) is 5.61. The standard InChI is InChI=1S/C20H22O4/c1-15(2)20(22)24-12-10-18-14-17(16-6-4-3-5-7-16)8-9-19(18)23-13-11-21/h3-9,14,21H,1,10-13H2,2H3. The van der Waals surface area contributed by atoms with Gasteiger partial charge in [-0.1, -0.05) is 43.0 Å². The van der Waals surface area contributed by atoms with Crippen molar-refractivity contribution in [1.82, 2.24) is 0 Å². The molecule has 0 heterocycles. The van der Waals surface area contributed by atoms with Crippen molar-refractivity contribution in [1.29, 1.82) is 0 Å². The van der Waals surface area contributed by atoms with E-state index in [4.69, 9.17) is 14.6 Å². The molecule has 0 saturated heterocycles. The van der Waals surface area contributed by atoms with Crippen molar-refractivity contribution in [3.8, 4) is 16.9 Å². The number of esters is 1. The van der Waals surface area contributed by atoms with Gasteiger partial charge in [-0.25, -0.2) is 4.79 Å². The molecule has 0 aliphatic carbocycles. The normalized spacial score (nSPS) is 10.2. The van der Waals surface area contributed by atoms with Crippen molar-refractivity contribution in [2.24, 2.45) is 0 Å². The van der Waals surface area contributed by atoms with Gasteiger partial charge in [0.2, 0.25) is 0 Å². The minimum absolute atomic E-state index is 0.0511. The zero-order valence-corrected chi connectivity index (χ0v) is 13.8. The lowest BCUT2D eigenvalue weighted by molar-refractivity contribution is -0.138. The molecule has 0 aliphatic heterocycles. The summed E-state index contributed by atoms with van der Waals surface area (Å²) in [5.41, 5.74) is 3.48. The number of aliphatic hydroxyl groups excluding tert-OH is 1. The SMILES string of the molecule is C=C(C)C(=O)OCCc1cc(-c2ccccc2)ccc1OCCO. The number of aliphatic hydroxyl groups is 1. The summed E-state index contributed by atoms with van der Waals surface area (Å²) in [6, 6.07) is 15.9. The minimum atomic E-state index is -0.396. The largest absolute Gasteiger partial charge is 0.491 e. The van der Waals surface area contributed by atoms with Gasteiger partial charge in [0.1, 0.15) is 12.4 Å². The summed E-state index contributed by atoms with van der Waals surface area (Å²) in [6.07, 6.45) is 0.528. The highest BCUT2D eigenvalue weighted by atomic mass is 16.5. The maximum absolute atomic E-state index is 11.5. The van der Waals surface area contributed by atoms with Gasteiger partial charge in [0.15, 0.2) is 0 Å². The average molecular weight is 326 g/mol. The Hall–Kier alpha value is -2.59. The van der Waals surface area contributed by atoms with Gasteiger partial charge in [-0.2, -0.15) is 0 Å². The van der Waals surface area contributed by atoms with Crippen LogP contribution in [0.1, 0.15) is 12.5 Å². The lowest BCUT2D eigenvalue weighted by Crippen LogP contribution is -2.10. The van der Waals surface area contributed by atoms with Crippen LogP contribution in [0.3, 0.4) is 0 Å². The maximum Gasteiger partial charge on any atom is 0.333 e. The Bertz CT molecular complexity index is 692. The maximum atomic E-state index is 11.5. The fraction of sp³-hybridized carbons (Fsp3) is 0.250. The number of hydrogen-bond donors (Lipinski definition) is 1. The third-order valence-corrected chi connectivity index (χ3v) is 3.47. The van der Waals surface area contributed by atoms with Gasteiger partial charge in [-0.3, -0.25) is 0 Å². The van der Waals surface area contributed by atoms with Crippen LogP contribution < -0.4 is 4.74 Å². The number of benzene rings is 2. The number of carbonyl (C=O) groups is 1. The fourth-order valence-corrected chi connectivity index (χ4v) is 2.26. The lowest BCUT2D eigenvalue weighted by Gasteiger charge is -2.13. The van der Waals surface area contributed by atoms with Gasteiger partial charge in [0.05, 0.1) is 13.2 Å². The molecule has 0 unspecified atom stereocenters. The fourth-order valence-electron chi connectivity index (χ4n) is 2.26. The number of hydrogen-bond acceptors (Lipinski definition) is 4. The first-order chi connectivity index (χ1) is 11.6. The van der Waals surface area contributed by atoms with Gasteiger partial charge in [-0.05, 0) is 35.7 Å². The highest BCUT2D eigenvalue weighted by molar-refractivity contribution is 5.86. The van der Waals surface area contributed by atoms with E-state index in [1.54, 1.807) is 6.92 Å². The van der Waals surface area contributed by atoms with E-state index in [1.165, 1.54) is 0 Å². The molecule has 0 spiro atoms. The zero-order valence-electron chi connectivity index (χ0n) is 13.8. The monoisotopic (exact) mass is 326 g/mol. The first-order valence-electron chi connectivity index (χ1n) is 7.86. The van der Waals surface area contributed by atoms with Crippen molar-refractivity contribution >= 4 is 5.97 Å². The Morgan fingerprint density at radius 1 is 1.08 bits per heavy atom. The lowest BCUT2D eigenvalue weighted by atomic mass is 10.0. The zero-order chi connectivity index (χ0) is 17.4. The smallest absolute Gasteiger partial charge is 0.333 e. The van der Waals surface area contributed by atoms with E-state index >= 15 is 0 Å². The van der Waals surface area contributed by atoms with Crippen LogP contribution in [0.2, 0.25) is 0 Å². The third kappa shape index (κ3) is 4.96. The molecular weight excluding hydrogens is 304 g/mol. The average Bonchev–Trinajstić information content (AvgIpc) is 2.61. The van der Waals surface area contributed by atoms with Crippen LogP contribution in [0.15, 0.2) is 60.7 Å². The number of carbonyl (C=O) groups excluding carboxylic acids is 1. The number of ether oxygens (including phenoxy) is 2. The first kappa shape index (κ1) is 17.8. The van der Waals surface area contributed by atoms with Crippen LogP contribution in [0, 0.1) is 0 Å². The van der Waals surface area contributed by atoms with Gasteiger partial charge in [0, 0.05) is 12.0 Å². The molecule has 4 heteroatoms. The Balaban J connectivity index is 2.17. The summed E-state index contributed by atoms with van der Waals surface area (Å²) in [7, 11) is 0. The summed E-state index contributed by atoms with van der Waals surface area (Å²) >= 11 is 0. The van der Waals surface area contributed by atoms with Crippen molar-refractivity contribution in [3.05, 3.63) is 66.2 Å². The van der Waals surface area contributed by atoms with E-state index in [9.17, 15) is 4.79 Å². The Labute approximate surface area is 142 Å². The quantitative estimate of drug-likeness (QED) is 0.597. The Morgan fingerprint density at radius 3 is 2.50 bits per heavy atom. The molecule has 0 atom stereocenters. The molecular formula is C20H22O4. The van der Waals surface area contributed by atoms with E-state index in [-0.39, 0.29) is 19.8 Å². The summed E-state index contributed by atoms with van der Waals surface area (Å²) in [5, 5.41) is 8.96. The molecule has 0 aliphatic rings. The van der Waals surface area contributed by atoms with Crippen LogP contribution in [0.25, 0.3) is 11.1 Å². The molecule has 0 bridgehead atoms. The van der Waals surface area contributed by atoms with Gasteiger partial charge in [-0.15, -0.1) is 0 Å². The second-order valence-corrected chi connectivity index (χ2v) is 5.43. The van der Waals surface area contributed by atoms with Crippen LogP contribution >= 0.6 is 0 Å². The van der Waals surface area contributed by atoms with Crippen molar-refractivity contribution < 1.29 is 19.4 Å². The molecule has 0 fully saturated rings. The molecule has 2 rings (SSSR count). The molecule has 0 radical (unpaired) electrons. The molecule has 4 nitrogen and oxygen atoms in total. The molecule has 0 amide bonds. The molecule has 2 aromatic rings. The second kappa shape index (κ2) is 8.89. The molecule has 1 N–H and O–H groups in total. The Kier molecular flexibility index (Phi) is 6.58. The molecule has 24 heavy (non-hydrogen) atoms. The minimum Gasteiger partial charge on any atom is -0.491 e. The Morgan fingerprint density at radius 2 is 1.83 bits per heavy atom. The van der Waals surface area contributed by atoms with E-state index in [2.05, 4.69) is 6.58 Å². The topological polar surface area (TPSA) is 55.8 Å². The van der Waals surface area contributed by atoms with Crippen LogP contribution in [0.4, 0.5) is 0 Å². The second-order valence-electron chi connectivity index (χ2n) is 5.43. The molecule has 0 saturated carbocycles. The molecule has 0 aromatic heterocycles. The highest BCUT2D eigenvalue weighted by Gasteiger charge is 2.09. The van der Waals surface area contributed by atoms with E-state index in [0.717, 1.165) is 16.7 Å². The highest BCUT2D eigenvalue weighted by Crippen LogP contribution is 2.27.